The number of hydrogen-bond acceptors (Lipinski definition) is 4. The normalized spacial score (nSPS) is 15.8. The molecular weight excluding hydrogens is 202 g/mol. The van der Waals surface area contributed by atoms with E-state index in [2.05, 4.69) is 16.0 Å². The van der Waals surface area contributed by atoms with Gasteiger partial charge in [-0.15, -0.1) is 0 Å². The van der Waals surface area contributed by atoms with Crippen LogP contribution in [0.15, 0.2) is 0 Å². The summed E-state index contributed by atoms with van der Waals surface area (Å²) in [6, 6.07) is -0.444. The van der Waals surface area contributed by atoms with E-state index in [0.717, 1.165) is 18.8 Å². The van der Waals surface area contributed by atoms with Crippen molar-refractivity contribution < 1.29 is 9.59 Å². The van der Waals surface area contributed by atoms with Gasteiger partial charge in [-0.25, -0.2) is 4.79 Å². The van der Waals surface area contributed by atoms with Gasteiger partial charge in [0, 0.05) is 7.05 Å². The maximum Gasteiger partial charge on any atom is 0.321 e. The topological polar surface area (TPSA) is 70.2 Å². The number of carbonyl (C=O) groups is 2. The average molecular weight is 217 g/mol. The molecule has 3 N–H and O–H groups in total. The van der Waals surface area contributed by atoms with Crippen molar-refractivity contribution in [2.45, 2.75) is 0 Å². The first-order valence-corrected chi connectivity index (χ1v) is 5.68. The van der Waals surface area contributed by atoms with E-state index in [-0.39, 0.29) is 5.91 Å². The Hall–Kier alpha value is -0.750. The number of hydrogen-bond donors (Lipinski definition) is 3. The van der Waals surface area contributed by atoms with E-state index in [1.165, 1.54) is 7.05 Å². The van der Waals surface area contributed by atoms with Gasteiger partial charge in [-0.3, -0.25) is 10.1 Å². The highest BCUT2D eigenvalue weighted by atomic mass is 32.2. The van der Waals surface area contributed by atoms with Gasteiger partial charge < -0.3 is 10.6 Å². The fourth-order valence-corrected chi connectivity index (χ4v) is 1.95. The van der Waals surface area contributed by atoms with Crippen molar-refractivity contribution in [2.75, 3.05) is 31.6 Å². The van der Waals surface area contributed by atoms with E-state index in [1.54, 1.807) is 11.8 Å². The molecule has 5 nitrogen and oxygen atoms in total. The molecule has 1 saturated heterocycles. The molecule has 3 amide bonds. The summed E-state index contributed by atoms with van der Waals surface area (Å²) in [4.78, 5) is 21.8. The van der Waals surface area contributed by atoms with Gasteiger partial charge in [-0.1, -0.05) is 0 Å². The van der Waals surface area contributed by atoms with Gasteiger partial charge in [0.05, 0.1) is 5.75 Å². The number of nitrogens with one attached hydrogen (secondary N) is 3. The lowest BCUT2D eigenvalue weighted by atomic mass is 10.1. The van der Waals surface area contributed by atoms with E-state index in [9.17, 15) is 9.59 Å². The summed E-state index contributed by atoms with van der Waals surface area (Å²) in [5.74, 6) is 1.78. The molecule has 0 bridgehead atoms. The van der Waals surface area contributed by atoms with Crippen LogP contribution in [0.3, 0.4) is 0 Å². The molecule has 80 valence electrons. The van der Waals surface area contributed by atoms with Crippen LogP contribution in [0.2, 0.25) is 0 Å². The van der Waals surface area contributed by atoms with Crippen molar-refractivity contribution in [3.8, 4) is 0 Å². The summed E-state index contributed by atoms with van der Waals surface area (Å²) in [5.41, 5.74) is 0. The van der Waals surface area contributed by atoms with Crippen molar-refractivity contribution >= 4 is 23.7 Å². The van der Waals surface area contributed by atoms with Gasteiger partial charge in [0.1, 0.15) is 0 Å². The molecule has 1 fully saturated rings. The Balaban J connectivity index is 1.99. The second kappa shape index (κ2) is 5.87. The van der Waals surface area contributed by atoms with Gasteiger partial charge in [-0.05, 0) is 24.8 Å². The first-order chi connectivity index (χ1) is 6.72. The lowest BCUT2D eigenvalue weighted by Crippen LogP contribution is -2.43. The molecule has 0 spiro atoms. The van der Waals surface area contributed by atoms with Crippen LogP contribution in [-0.2, 0) is 4.79 Å². The molecule has 1 heterocycles. The maximum atomic E-state index is 11.1. The Morgan fingerprint density at radius 3 is 2.71 bits per heavy atom. The summed E-state index contributed by atoms with van der Waals surface area (Å²) in [6.45, 7) is 2.09. The molecule has 1 aliphatic rings. The molecule has 0 radical (unpaired) electrons. The largest absolute Gasteiger partial charge is 0.341 e. The Kier molecular flexibility index (Phi) is 4.75. The molecule has 0 saturated carbocycles. The summed E-state index contributed by atoms with van der Waals surface area (Å²) in [6.07, 6.45) is 0. The SMILES string of the molecule is CNC(=O)NC(=O)CSCC1CNC1. The highest BCUT2D eigenvalue weighted by Crippen LogP contribution is 2.11. The molecule has 0 atom stereocenters. The number of urea groups is 1. The van der Waals surface area contributed by atoms with Gasteiger partial charge in [0.25, 0.3) is 0 Å². The Bertz CT molecular complexity index is 219. The molecule has 0 aromatic carbocycles. The zero-order valence-electron chi connectivity index (χ0n) is 8.13. The highest BCUT2D eigenvalue weighted by Gasteiger charge is 2.16. The van der Waals surface area contributed by atoms with Crippen molar-refractivity contribution in [1.82, 2.24) is 16.0 Å². The quantitative estimate of drug-likeness (QED) is 0.588. The second-order valence-electron chi connectivity index (χ2n) is 3.17. The first-order valence-electron chi connectivity index (χ1n) is 4.52. The van der Waals surface area contributed by atoms with Crippen molar-refractivity contribution in [3.63, 3.8) is 0 Å². The molecule has 14 heavy (non-hydrogen) atoms. The van der Waals surface area contributed by atoms with Crippen LogP contribution in [0.1, 0.15) is 0 Å². The number of imide groups is 1. The van der Waals surface area contributed by atoms with Crippen LogP contribution < -0.4 is 16.0 Å². The molecule has 6 heteroatoms. The summed E-state index contributed by atoms with van der Waals surface area (Å²) >= 11 is 1.57. The predicted molar refractivity (Wildman–Crippen MR) is 56.3 cm³/mol. The molecule has 0 aliphatic carbocycles. The minimum Gasteiger partial charge on any atom is -0.341 e. The van der Waals surface area contributed by atoms with Crippen LogP contribution in [0, 0.1) is 5.92 Å². The van der Waals surface area contributed by atoms with Crippen LogP contribution >= 0.6 is 11.8 Å². The van der Waals surface area contributed by atoms with Gasteiger partial charge in [0.15, 0.2) is 0 Å². The number of amides is 3. The third kappa shape index (κ3) is 3.97. The van der Waals surface area contributed by atoms with E-state index >= 15 is 0 Å². The predicted octanol–water partition coefficient (Wildman–Crippen LogP) is -0.605. The minimum atomic E-state index is -0.444. The lowest BCUT2D eigenvalue weighted by Gasteiger charge is -2.26. The monoisotopic (exact) mass is 217 g/mol. The van der Waals surface area contributed by atoms with Gasteiger partial charge in [-0.2, -0.15) is 11.8 Å². The van der Waals surface area contributed by atoms with Crippen molar-refractivity contribution in [2.24, 2.45) is 5.92 Å². The standard InChI is InChI=1S/C8H15N3O2S/c1-9-8(13)11-7(12)5-14-4-6-2-10-3-6/h6,10H,2-5H2,1H3,(H2,9,11,12,13). The van der Waals surface area contributed by atoms with E-state index in [0.29, 0.717) is 11.7 Å². The number of rotatable bonds is 4. The van der Waals surface area contributed by atoms with E-state index in [4.69, 9.17) is 0 Å². The Morgan fingerprint density at radius 1 is 1.50 bits per heavy atom. The average Bonchev–Trinajstić information content (AvgIpc) is 2.09. The van der Waals surface area contributed by atoms with E-state index < -0.39 is 6.03 Å². The molecule has 1 aliphatic heterocycles. The van der Waals surface area contributed by atoms with Crippen LogP contribution in [0.25, 0.3) is 0 Å². The van der Waals surface area contributed by atoms with Crippen molar-refractivity contribution in [1.29, 1.82) is 0 Å². The fourth-order valence-electron chi connectivity index (χ4n) is 1.01. The summed E-state index contributed by atoms with van der Waals surface area (Å²) in [5, 5.41) is 7.70. The third-order valence-corrected chi connectivity index (χ3v) is 3.11. The minimum absolute atomic E-state index is 0.235. The Morgan fingerprint density at radius 2 is 2.21 bits per heavy atom. The Labute approximate surface area is 87.4 Å². The smallest absolute Gasteiger partial charge is 0.321 e. The molecule has 1 rings (SSSR count). The number of thioether (sulfide) groups is 1. The van der Waals surface area contributed by atoms with Gasteiger partial charge >= 0.3 is 6.03 Å². The van der Waals surface area contributed by atoms with Crippen LogP contribution in [0.5, 0.6) is 0 Å². The lowest BCUT2D eigenvalue weighted by molar-refractivity contribution is -0.117. The zero-order valence-corrected chi connectivity index (χ0v) is 8.95. The van der Waals surface area contributed by atoms with Gasteiger partial charge in [0.2, 0.25) is 5.91 Å². The molecule has 0 aromatic heterocycles. The molecule has 0 aromatic rings. The number of carbonyl (C=O) groups excluding carboxylic acids is 2. The molecular formula is C8H15N3O2S. The molecule has 0 unspecified atom stereocenters. The van der Waals surface area contributed by atoms with Crippen LogP contribution in [0.4, 0.5) is 4.79 Å². The van der Waals surface area contributed by atoms with Crippen LogP contribution in [-0.4, -0.2) is 43.6 Å². The fraction of sp³-hybridized carbons (Fsp3) is 0.750. The second-order valence-corrected chi connectivity index (χ2v) is 4.20. The summed E-state index contributed by atoms with van der Waals surface area (Å²) in [7, 11) is 1.48. The van der Waals surface area contributed by atoms with Crippen molar-refractivity contribution in [3.05, 3.63) is 0 Å². The maximum absolute atomic E-state index is 11.1. The first kappa shape index (κ1) is 11.3. The highest BCUT2D eigenvalue weighted by molar-refractivity contribution is 7.99. The third-order valence-electron chi connectivity index (χ3n) is 1.93. The summed E-state index contributed by atoms with van der Waals surface area (Å²) < 4.78 is 0. The van der Waals surface area contributed by atoms with E-state index in [1.807, 2.05) is 0 Å². The zero-order chi connectivity index (χ0) is 10.4.